The summed E-state index contributed by atoms with van der Waals surface area (Å²) >= 11 is 3.37. The number of halogens is 1. The Morgan fingerprint density at radius 1 is 1.43 bits per heavy atom. The largest absolute Gasteiger partial charge is 0.472 e. The van der Waals surface area contributed by atoms with Crippen LogP contribution in [-0.2, 0) is 17.1 Å². The average molecular weight is 401 g/mol. The molecule has 0 bridgehead atoms. The van der Waals surface area contributed by atoms with Crippen molar-refractivity contribution in [3.05, 3.63) is 34.8 Å². The molecule has 23 heavy (non-hydrogen) atoms. The SMILES string of the molecule is Cc1nc(S(=O)(=O)N2CC[C@@H](Oc3ncccc3Br)C2)cn1C. The highest BCUT2D eigenvalue weighted by Crippen LogP contribution is 2.26. The van der Waals surface area contributed by atoms with Gasteiger partial charge < -0.3 is 9.30 Å². The molecule has 3 rings (SSSR count). The first-order valence-corrected chi connectivity index (χ1v) is 9.38. The summed E-state index contributed by atoms with van der Waals surface area (Å²) in [5.41, 5.74) is 0. The van der Waals surface area contributed by atoms with Gasteiger partial charge in [0.05, 0.1) is 11.0 Å². The van der Waals surface area contributed by atoms with E-state index in [4.69, 9.17) is 4.74 Å². The normalized spacial score (nSPS) is 19.2. The van der Waals surface area contributed by atoms with E-state index in [1.54, 1.807) is 30.8 Å². The molecule has 0 radical (unpaired) electrons. The molecular formula is C14H17BrN4O3S. The summed E-state index contributed by atoms with van der Waals surface area (Å²) in [7, 11) is -1.81. The number of sulfonamides is 1. The average Bonchev–Trinajstić information content (AvgIpc) is 3.10. The first kappa shape index (κ1) is 16.4. The number of ether oxygens (including phenoxy) is 1. The van der Waals surface area contributed by atoms with Crippen molar-refractivity contribution < 1.29 is 13.2 Å². The number of rotatable bonds is 4. The number of aryl methyl sites for hydroxylation is 2. The third-order valence-corrected chi connectivity index (χ3v) is 6.14. The minimum absolute atomic E-state index is 0.0807. The Hall–Kier alpha value is -1.45. The van der Waals surface area contributed by atoms with Crippen LogP contribution in [0.5, 0.6) is 5.88 Å². The van der Waals surface area contributed by atoms with Crippen LogP contribution >= 0.6 is 15.9 Å². The van der Waals surface area contributed by atoms with Gasteiger partial charge in [0.15, 0.2) is 5.03 Å². The van der Waals surface area contributed by atoms with Gasteiger partial charge in [-0.3, -0.25) is 0 Å². The molecular weight excluding hydrogens is 384 g/mol. The highest BCUT2D eigenvalue weighted by Gasteiger charge is 2.35. The minimum Gasteiger partial charge on any atom is -0.472 e. The Morgan fingerprint density at radius 3 is 2.87 bits per heavy atom. The fourth-order valence-electron chi connectivity index (χ4n) is 2.41. The zero-order valence-corrected chi connectivity index (χ0v) is 15.2. The molecule has 0 N–H and O–H groups in total. The number of nitrogens with zero attached hydrogens (tertiary/aromatic N) is 4. The molecule has 9 heteroatoms. The van der Waals surface area contributed by atoms with Crippen molar-refractivity contribution in [1.82, 2.24) is 18.8 Å². The predicted molar refractivity (Wildman–Crippen MR) is 87.7 cm³/mol. The lowest BCUT2D eigenvalue weighted by atomic mass is 10.3. The standard InChI is InChI=1S/C14H17BrN4O3S/c1-10-17-13(9-18(10)2)23(20,21)19-7-5-11(8-19)22-14-12(15)4-3-6-16-14/h3-4,6,9,11H,5,7-8H2,1-2H3/t11-/m1/s1. The van der Waals surface area contributed by atoms with E-state index >= 15 is 0 Å². The monoisotopic (exact) mass is 400 g/mol. The Bertz CT molecular complexity index is 802. The van der Waals surface area contributed by atoms with Crippen LogP contribution in [0.15, 0.2) is 34.0 Å². The number of hydrogen-bond donors (Lipinski definition) is 0. The van der Waals surface area contributed by atoms with Gasteiger partial charge in [-0.05, 0) is 41.4 Å². The predicted octanol–water partition coefficient (Wildman–Crippen LogP) is 1.73. The van der Waals surface area contributed by atoms with Crippen molar-refractivity contribution >= 4 is 26.0 Å². The molecule has 124 valence electrons. The Morgan fingerprint density at radius 2 is 2.22 bits per heavy atom. The van der Waals surface area contributed by atoms with E-state index in [-0.39, 0.29) is 11.1 Å². The molecule has 1 aliphatic rings. The van der Waals surface area contributed by atoms with Gasteiger partial charge in [0.25, 0.3) is 10.0 Å². The van der Waals surface area contributed by atoms with Gasteiger partial charge in [0.2, 0.25) is 5.88 Å². The maximum absolute atomic E-state index is 12.6. The summed E-state index contributed by atoms with van der Waals surface area (Å²) in [5, 5.41) is 0.0807. The van der Waals surface area contributed by atoms with Crippen LogP contribution in [0.4, 0.5) is 0 Å². The molecule has 1 saturated heterocycles. The number of aromatic nitrogens is 3. The van der Waals surface area contributed by atoms with Gasteiger partial charge in [0, 0.05) is 26.0 Å². The molecule has 0 spiro atoms. The Labute approximate surface area is 143 Å². The van der Waals surface area contributed by atoms with Crippen LogP contribution in [0.1, 0.15) is 12.2 Å². The van der Waals surface area contributed by atoms with E-state index in [1.165, 1.54) is 10.5 Å². The van der Waals surface area contributed by atoms with E-state index < -0.39 is 10.0 Å². The van der Waals surface area contributed by atoms with E-state index in [2.05, 4.69) is 25.9 Å². The topological polar surface area (TPSA) is 77.3 Å². The third-order valence-electron chi connectivity index (χ3n) is 3.80. The summed E-state index contributed by atoms with van der Waals surface area (Å²) in [6, 6.07) is 3.63. The van der Waals surface area contributed by atoms with Gasteiger partial charge in [-0.1, -0.05) is 0 Å². The molecule has 3 heterocycles. The van der Waals surface area contributed by atoms with Gasteiger partial charge in [0.1, 0.15) is 11.9 Å². The van der Waals surface area contributed by atoms with Crippen molar-refractivity contribution in [2.75, 3.05) is 13.1 Å². The van der Waals surface area contributed by atoms with E-state index in [0.29, 0.717) is 31.2 Å². The molecule has 2 aromatic rings. The molecule has 1 aliphatic heterocycles. The van der Waals surface area contributed by atoms with E-state index in [9.17, 15) is 8.42 Å². The summed E-state index contributed by atoms with van der Waals surface area (Å²) in [4.78, 5) is 8.27. The third kappa shape index (κ3) is 3.26. The van der Waals surface area contributed by atoms with Crippen LogP contribution in [0.3, 0.4) is 0 Å². The first-order chi connectivity index (χ1) is 10.9. The van der Waals surface area contributed by atoms with Crippen molar-refractivity contribution in [2.24, 2.45) is 7.05 Å². The molecule has 0 amide bonds. The smallest absolute Gasteiger partial charge is 0.262 e. The number of pyridine rings is 1. The van der Waals surface area contributed by atoms with Gasteiger partial charge in [-0.25, -0.2) is 18.4 Å². The minimum atomic E-state index is -3.59. The number of imidazole rings is 1. The van der Waals surface area contributed by atoms with Gasteiger partial charge >= 0.3 is 0 Å². The van der Waals surface area contributed by atoms with Crippen LogP contribution in [0.25, 0.3) is 0 Å². The highest BCUT2D eigenvalue weighted by atomic mass is 79.9. The van der Waals surface area contributed by atoms with Crippen molar-refractivity contribution in [3.8, 4) is 5.88 Å². The quantitative estimate of drug-likeness (QED) is 0.780. The fourth-order valence-corrected chi connectivity index (χ4v) is 4.27. The molecule has 0 aromatic carbocycles. The lowest BCUT2D eigenvalue weighted by molar-refractivity contribution is 0.205. The highest BCUT2D eigenvalue weighted by molar-refractivity contribution is 9.10. The van der Waals surface area contributed by atoms with Crippen molar-refractivity contribution in [1.29, 1.82) is 0 Å². The summed E-state index contributed by atoms with van der Waals surface area (Å²) in [6.45, 7) is 2.47. The second kappa shape index (κ2) is 6.21. The molecule has 1 fully saturated rings. The van der Waals surface area contributed by atoms with E-state index in [0.717, 1.165) is 4.47 Å². The zero-order valence-electron chi connectivity index (χ0n) is 12.8. The fraction of sp³-hybridized carbons (Fsp3) is 0.429. The molecule has 0 saturated carbocycles. The van der Waals surface area contributed by atoms with Crippen LogP contribution < -0.4 is 4.74 Å². The summed E-state index contributed by atoms with van der Waals surface area (Å²) in [5.74, 6) is 1.14. The lowest BCUT2D eigenvalue weighted by Crippen LogP contribution is -2.31. The maximum atomic E-state index is 12.6. The van der Waals surface area contributed by atoms with Crippen molar-refractivity contribution in [2.45, 2.75) is 24.5 Å². The van der Waals surface area contributed by atoms with Crippen LogP contribution in [-0.4, -0.2) is 46.5 Å². The molecule has 2 aromatic heterocycles. The van der Waals surface area contributed by atoms with Crippen molar-refractivity contribution in [3.63, 3.8) is 0 Å². The second-order valence-electron chi connectivity index (χ2n) is 5.42. The second-order valence-corrected chi connectivity index (χ2v) is 8.16. The van der Waals surface area contributed by atoms with E-state index in [1.807, 2.05) is 6.07 Å². The van der Waals surface area contributed by atoms with Gasteiger partial charge in [-0.2, -0.15) is 4.31 Å². The van der Waals surface area contributed by atoms with Crippen LogP contribution in [0, 0.1) is 6.92 Å². The Balaban J connectivity index is 1.73. The molecule has 7 nitrogen and oxygen atoms in total. The maximum Gasteiger partial charge on any atom is 0.262 e. The molecule has 0 aliphatic carbocycles. The lowest BCUT2D eigenvalue weighted by Gasteiger charge is -2.16. The van der Waals surface area contributed by atoms with Crippen LogP contribution in [0.2, 0.25) is 0 Å². The molecule has 1 atom stereocenters. The Kier molecular flexibility index (Phi) is 4.43. The first-order valence-electron chi connectivity index (χ1n) is 7.15. The molecule has 0 unspecified atom stereocenters. The summed E-state index contributed by atoms with van der Waals surface area (Å²) in [6.07, 6.45) is 3.57. The summed E-state index contributed by atoms with van der Waals surface area (Å²) < 4.78 is 34.9. The number of hydrogen-bond acceptors (Lipinski definition) is 5. The zero-order chi connectivity index (χ0) is 16.6. The van der Waals surface area contributed by atoms with Gasteiger partial charge in [-0.15, -0.1) is 0 Å².